The molecule has 0 aromatic heterocycles. The molecule has 1 aromatic rings. The Hall–Kier alpha value is -2.11. The van der Waals surface area contributed by atoms with Gasteiger partial charge in [0.2, 0.25) is 0 Å². The third-order valence-corrected chi connectivity index (χ3v) is 10.2. The largest absolute Gasteiger partial charge is 0.493 e. The molecule has 3 bridgehead atoms. The number of carbonyl (C=O) groups is 2. The van der Waals surface area contributed by atoms with Gasteiger partial charge in [0.05, 0.1) is 12.2 Å². The molecule has 6 aliphatic rings. The van der Waals surface area contributed by atoms with E-state index in [-0.39, 0.29) is 16.9 Å². The Labute approximate surface area is 193 Å². The summed E-state index contributed by atoms with van der Waals surface area (Å²) in [5.74, 6) is 1.49. The van der Waals surface area contributed by atoms with Crippen LogP contribution in [0, 0.1) is 34.9 Å². The van der Waals surface area contributed by atoms with Gasteiger partial charge in [0.1, 0.15) is 17.1 Å². The molecule has 1 amide bonds. The molecule has 5 nitrogen and oxygen atoms in total. The highest BCUT2D eigenvalue weighted by Crippen LogP contribution is 2.61. The molecule has 1 aromatic carbocycles. The monoisotopic (exact) mass is 453 g/mol. The van der Waals surface area contributed by atoms with Crippen LogP contribution >= 0.6 is 0 Å². The lowest BCUT2D eigenvalue weighted by Crippen LogP contribution is -2.45. The number of carboxylic acid groups (broad SMARTS) is 1. The molecule has 6 atom stereocenters. The normalized spacial score (nSPS) is 40.1. The van der Waals surface area contributed by atoms with Crippen LogP contribution < -0.4 is 4.74 Å². The number of halogens is 1. The lowest BCUT2D eigenvalue weighted by atomic mass is 9.62. The Bertz CT molecular complexity index is 1050. The molecule has 6 heteroatoms. The number of benzene rings is 1. The van der Waals surface area contributed by atoms with Crippen molar-refractivity contribution in [3.63, 3.8) is 0 Å². The molecule has 5 aliphatic carbocycles. The van der Waals surface area contributed by atoms with Gasteiger partial charge in [-0.3, -0.25) is 4.79 Å². The predicted octanol–water partition coefficient (Wildman–Crippen LogP) is 4.99. The van der Waals surface area contributed by atoms with E-state index in [4.69, 9.17) is 4.74 Å². The number of carbonyl (C=O) groups excluding carboxylic acids is 1. The second-order valence-corrected chi connectivity index (χ2v) is 12.1. The number of carboxylic acids is 1. The first-order valence-corrected chi connectivity index (χ1v) is 12.9. The van der Waals surface area contributed by atoms with Gasteiger partial charge in [-0.25, -0.2) is 9.18 Å². The van der Waals surface area contributed by atoms with Crippen molar-refractivity contribution in [1.82, 2.24) is 4.90 Å². The molecule has 1 aliphatic heterocycles. The van der Waals surface area contributed by atoms with Gasteiger partial charge < -0.3 is 14.7 Å². The topological polar surface area (TPSA) is 66.8 Å². The number of rotatable bonds is 6. The first kappa shape index (κ1) is 20.3. The number of hydrogen-bond acceptors (Lipinski definition) is 3. The van der Waals surface area contributed by atoms with E-state index in [9.17, 15) is 14.7 Å². The fourth-order valence-electron chi connectivity index (χ4n) is 8.33. The Balaban J connectivity index is 1.15. The minimum atomic E-state index is -1.11. The van der Waals surface area contributed by atoms with Gasteiger partial charge in [0.25, 0.3) is 5.91 Å². The van der Waals surface area contributed by atoms with Crippen LogP contribution in [0.25, 0.3) is 0 Å². The predicted molar refractivity (Wildman–Crippen MR) is 119 cm³/mol. The fraction of sp³-hybridized carbons (Fsp3) is 0.704. The molecular weight excluding hydrogens is 421 g/mol. The molecule has 1 N–H and O–H groups in total. The molecule has 0 radical (unpaired) electrons. The lowest BCUT2D eigenvalue weighted by Gasteiger charge is -2.44. The van der Waals surface area contributed by atoms with Gasteiger partial charge in [-0.1, -0.05) is 0 Å². The SMILES string of the molecule is O=C(c1cc(C2CC2)c(OCC23CCC4CC(CC4C2)C3)cc1F)N1CCC2CC21C(=O)O. The number of likely N-dealkylation sites (tertiary alicyclic amines) is 1. The number of aliphatic carboxylic acids is 1. The summed E-state index contributed by atoms with van der Waals surface area (Å²) in [5, 5.41) is 9.73. The third-order valence-electron chi connectivity index (χ3n) is 10.2. The number of amides is 1. The van der Waals surface area contributed by atoms with Crippen molar-refractivity contribution < 1.29 is 23.8 Å². The summed E-state index contributed by atoms with van der Waals surface area (Å²) >= 11 is 0. The molecule has 6 fully saturated rings. The van der Waals surface area contributed by atoms with E-state index in [1.807, 2.05) is 0 Å². The minimum absolute atomic E-state index is 0.00630. The van der Waals surface area contributed by atoms with Crippen LogP contribution in [-0.2, 0) is 4.79 Å². The van der Waals surface area contributed by atoms with Crippen LogP contribution in [0.5, 0.6) is 5.75 Å². The summed E-state index contributed by atoms with van der Waals surface area (Å²) in [6.07, 6.45) is 11.0. The van der Waals surface area contributed by atoms with Gasteiger partial charge in [0.15, 0.2) is 0 Å². The summed E-state index contributed by atoms with van der Waals surface area (Å²) < 4.78 is 21.7. The molecule has 1 saturated heterocycles. The van der Waals surface area contributed by atoms with Gasteiger partial charge in [-0.2, -0.15) is 0 Å². The smallest absolute Gasteiger partial charge is 0.329 e. The zero-order chi connectivity index (χ0) is 22.5. The molecule has 33 heavy (non-hydrogen) atoms. The summed E-state index contributed by atoms with van der Waals surface area (Å²) in [6, 6.07) is 3.09. The zero-order valence-corrected chi connectivity index (χ0v) is 19.0. The van der Waals surface area contributed by atoms with Gasteiger partial charge in [-0.15, -0.1) is 0 Å². The second kappa shape index (κ2) is 6.73. The lowest BCUT2D eigenvalue weighted by molar-refractivity contribution is -0.143. The highest BCUT2D eigenvalue weighted by molar-refractivity contribution is 6.00. The van der Waals surface area contributed by atoms with Crippen LogP contribution in [0.2, 0.25) is 0 Å². The van der Waals surface area contributed by atoms with E-state index in [1.54, 1.807) is 6.07 Å². The Morgan fingerprint density at radius 3 is 2.67 bits per heavy atom. The first-order valence-electron chi connectivity index (χ1n) is 12.9. The number of hydrogen-bond donors (Lipinski definition) is 1. The minimum Gasteiger partial charge on any atom is -0.493 e. The number of ether oxygens (including phenoxy) is 1. The third kappa shape index (κ3) is 2.94. The van der Waals surface area contributed by atoms with Crippen LogP contribution in [0.4, 0.5) is 4.39 Å². The molecule has 176 valence electrons. The average Bonchev–Trinajstić information content (AvgIpc) is 3.70. The van der Waals surface area contributed by atoms with Crippen LogP contribution in [0.15, 0.2) is 12.1 Å². The maximum Gasteiger partial charge on any atom is 0.329 e. The summed E-state index contributed by atoms with van der Waals surface area (Å²) in [6.45, 7) is 1.03. The number of nitrogens with zero attached hydrogens (tertiary/aromatic N) is 1. The van der Waals surface area contributed by atoms with Gasteiger partial charge >= 0.3 is 5.97 Å². The van der Waals surface area contributed by atoms with E-state index < -0.39 is 23.2 Å². The van der Waals surface area contributed by atoms with Gasteiger partial charge in [-0.05, 0) is 105 Å². The first-order chi connectivity index (χ1) is 15.9. The molecule has 0 spiro atoms. The van der Waals surface area contributed by atoms with E-state index in [0.717, 1.165) is 36.2 Å². The van der Waals surface area contributed by atoms with Crippen LogP contribution in [0.3, 0.4) is 0 Å². The van der Waals surface area contributed by atoms with E-state index >= 15 is 4.39 Å². The quantitative estimate of drug-likeness (QED) is 0.659. The summed E-state index contributed by atoms with van der Waals surface area (Å²) in [7, 11) is 0. The molecule has 7 rings (SSSR count). The van der Waals surface area contributed by atoms with Crippen molar-refractivity contribution in [3.8, 4) is 5.75 Å². The fourth-order valence-corrected chi connectivity index (χ4v) is 8.33. The van der Waals surface area contributed by atoms with E-state index in [0.29, 0.717) is 37.7 Å². The van der Waals surface area contributed by atoms with E-state index in [1.165, 1.54) is 49.5 Å². The Morgan fingerprint density at radius 2 is 1.91 bits per heavy atom. The van der Waals surface area contributed by atoms with Crippen LogP contribution in [-0.4, -0.2) is 40.6 Å². The van der Waals surface area contributed by atoms with Gasteiger partial charge in [0, 0.05) is 18.0 Å². The van der Waals surface area contributed by atoms with Crippen molar-refractivity contribution >= 4 is 11.9 Å². The zero-order valence-electron chi connectivity index (χ0n) is 19.0. The molecule has 5 saturated carbocycles. The Kier molecular flexibility index (Phi) is 4.13. The van der Waals surface area contributed by atoms with Crippen molar-refractivity contribution in [2.75, 3.05) is 13.2 Å². The summed E-state index contributed by atoms with van der Waals surface area (Å²) in [5.41, 5.74) is 0.0550. The number of piperidine rings is 1. The molecule has 6 unspecified atom stereocenters. The molecule has 1 heterocycles. The van der Waals surface area contributed by atoms with Crippen molar-refractivity contribution in [1.29, 1.82) is 0 Å². The average molecular weight is 454 g/mol. The maximum atomic E-state index is 15.3. The highest BCUT2D eigenvalue weighted by Gasteiger charge is 2.69. The van der Waals surface area contributed by atoms with Crippen molar-refractivity contribution in [2.24, 2.45) is 29.1 Å². The number of fused-ring (bicyclic) bond motifs is 3. The summed E-state index contributed by atoms with van der Waals surface area (Å²) in [4.78, 5) is 26.6. The standard InChI is InChI=1S/C27H32FNO4/c28-22-10-23(33-14-26-5-3-17-7-15(11-26)8-18(17)12-26)20(16-1-2-16)9-21(22)24(30)29-6-4-19-13-27(19,29)25(31)32/h9-10,15-19H,1-8,11-14H2,(H,31,32). The van der Waals surface area contributed by atoms with Crippen molar-refractivity contribution in [3.05, 3.63) is 29.1 Å². The molecular formula is C27H32FNO4. The van der Waals surface area contributed by atoms with Crippen molar-refractivity contribution in [2.45, 2.75) is 75.7 Å². The van der Waals surface area contributed by atoms with Crippen LogP contribution in [0.1, 0.15) is 86.0 Å². The second-order valence-electron chi connectivity index (χ2n) is 12.1. The maximum absolute atomic E-state index is 15.3. The van der Waals surface area contributed by atoms with E-state index in [2.05, 4.69) is 0 Å². The highest BCUT2D eigenvalue weighted by atomic mass is 19.1. The Morgan fingerprint density at radius 1 is 1.09 bits per heavy atom.